The van der Waals surface area contributed by atoms with Crippen molar-refractivity contribution in [1.82, 2.24) is 35.7 Å². The molecule has 2 heterocycles. The lowest BCUT2D eigenvalue weighted by molar-refractivity contribution is -0.140. The van der Waals surface area contributed by atoms with Crippen molar-refractivity contribution in [2.75, 3.05) is 7.05 Å². The van der Waals surface area contributed by atoms with Gasteiger partial charge in [0.25, 0.3) is 5.91 Å². The highest BCUT2D eigenvalue weighted by Crippen LogP contribution is 2.54. The van der Waals surface area contributed by atoms with Gasteiger partial charge in [0.1, 0.15) is 6.04 Å². The quantitative estimate of drug-likeness (QED) is 0.297. The molecule has 4 aliphatic rings. The monoisotopic (exact) mass is 667 g/mol. The maximum Gasteiger partial charge on any atom is 0.251 e. The Labute approximate surface area is 282 Å². The molecule has 2 N–H and O–H groups in total. The summed E-state index contributed by atoms with van der Waals surface area (Å²) in [5.74, 6) is 1.66. The minimum absolute atomic E-state index is 0.0868. The second-order valence-corrected chi connectivity index (χ2v) is 16.0. The zero-order chi connectivity index (χ0) is 32.6. The molecule has 3 aliphatic carbocycles. The second-order valence-electron chi connectivity index (χ2n) is 15.0. The summed E-state index contributed by atoms with van der Waals surface area (Å²) in [6.45, 7) is 6.95. The van der Waals surface area contributed by atoms with Gasteiger partial charge >= 0.3 is 0 Å². The average molecular weight is 669 g/mol. The number of nitrogens with one attached hydrogen (secondary N) is 2. The van der Waals surface area contributed by atoms with Crippen LogP contribution in [-0.4, -0.2) is 66.4 Å². The molecule has 2 amide bonds. The van der Waals surface area contributed by atoms with E-state index in [0.29, 0.717) is 28.8 Å². The molecule has 11 heteroatoms. The van der Waals surface area contributed by atoms with Crippen LogP contribution in [0.3, 0.4) is 0 Å². The van der Waals surface area contributed by atoms with Crippen LogP contribution in [0.25, 0.3) is 0 Å². The fourth-order valence-corrected chi connectivity index (χ4v) is 9.12. The van der Waals surface area contributed by atoms with Crippen LogP contribution in [-0.2, 0) is 11.3 Å². The van der Waals surface area contributed by atoms with Crippen molar-refractivity contribution in [3.8, 4) is 0 Å². The van der Waals surface area contributed by atoms with Gasteiger partial charge in [-0.15, -0.1) is 21.8 Å². The van der Waals surface area contributed by atoms with E-state index in [1.165, 1.54) is 25.7 Å². The van der Waals surface area contributed by atoms with Crippen LogP contribution in [0, 0.1) is 17.3 Å². The first-order chi connectivity index (χ1) is 21.9. The lowest BCUT2D eigenvalue weighted by Crippen LogP contribution is -2.58. The highest BCUT2D eigenvalue weighted by atomic mass is 35.5. The topological polar surface area (TPSA) is 107 Å². The molecule has 6 rings (SSSR count). The van der Waals surface area contributed by atoms with Crippen LogP contribution in [0.2, 0.25) is 0 Å². The number of rotatable bonds is 8. The summed E-state index contributed by atoms with van der Waals surface area (Å²) in [6, 6.07) is 7.20. The predicted octanol–water partition coefficient (Wildman–Crippen LogP) is 6.89. The number of H-pyrrole nitrogens is 1. The standard InChI is InChI=1S/C35H47Cl2N7O2/c1-34(2,3)15-14-29(23-9-11-24(12-10-23)32(45)38-21-30-39-41-42-40-30)44-33(46)31(26-17-27(36)19-28(37)18-26)43(4)35(44)16-13-22-7-5-6-8-25(22)20-35/h9-12,17-18,22,25,27,29,31H,5-8,13-16,19-21H2,1-4H3,(H,38,45)(H,39,40,41,42)/t22?,25?,27?,29-,31?,35?/m1/s1. The van der Waals surface area contributed by atoms with Crippen molar-refractivity contribution in [2.24, 2.45) is 17.3 Å². The Balaban J connectivity index is 1.37. The summed E-state index contributed by atoms with van der Waals surface area (Å²) in [4.78, 5) is 32.6. The summed E-state index contributed by atoms with van der Waals surface area (Å²) in [7, 11) is 2.14. The summed E-state index contributed by atoms with van der Waals surface area (Å²) < 4.78 is 0. The molecule has 2 aromatic rings. The van der Waals surface area contributed by atoms with Gasteiger partial charge in [-0.2, -0.15) is 5.21 Å². The number of alkyl halides is 1. The number of hydrogen-bond acceptors (Lipinski definition) is 6. The first kappa shape index (κ1) is 33.2. The molecule has 9 nitrogen and oxygen atoms in total. The van der Waals surface area contributed by atoms with Crippen molar-refractivity contribution in [3.05, 3.63) is 64.0 Å². The maximum atomic E-state index is 15.0. The molecule has 2 saturated carbocycles. The Morgan fingerprint density at radius 2 is 1.89 bits per heavy atom. The minimum atomic E-state index is -0.442. The zero-order valence-electron chi connectivity index (χ0n) is 27.4. The predicted molar refractivity (Wildman–Crippen MR) is 180 cm³/mol. The van der Waals surface area contributed by atoms with E-state index in [1.807, 2.05) is 36.4 Å². The smallest absolute Gasteiger partial charge is 0.251 e. The number of likely N-dealkylation sites (N-methyl/N-ethyl adjacent to an activating group) is 1. The van der Waals surface area contributed by atoms with Gasteiger partial charge in [-0.05, 0) is 85.7 Å². The number of halogens is 2. The van der Waals surface area contributed by atoms with Gasteiger partial charge < -0.3 is 10.2 Å². The molecule has 248 valence electrons. The number of carbonyl (C=O) groups is 2. The Morgan fingerprint density at radius 3 is 2.57 bits per heavy atom. The molecule has 1 spiro atoms. The first-order valence-electron chi connectivity index (χ1n) is 16.8. The zero-order valence-corrected chi connectivity index (χ0v) is 28.9. The van der Waals surface area contributed by atoms with Crippen molar-refractivity contribution >= 4 is 35.0 Å². The Kier molecular flexibility index (Phi) is 9.66. The molecule has 5 unspecified atom stereocenters. The Hall–Kier alpha value is -2.75. The highest BCUT2D eigenvalue weighted by Gasteiger charge is 2.60. The van der Waals surface area contributed by atoms with E-state index in [0.717, 1.165) is 49.2 Å². The third kappa shape index (κ3) is 6.78. The van der Waals surface area contributed by atoms with Crippen molar-refractivity contribution in [3.63, 3.8) is 0 Å². The van der Waals surface area contributed by atoms with Crippen LogP contribution < -0.4 is 5.32 Å². The van der Waals surface area contributed by atoms with E-state index < -0.39 is 11.7 Å². The first-order valence-corrected chi connectivity index (χ1v) is 17.6. The minimum Gasteiger partial charge on any atom is -0.345 e. The van der Waals surface area contributed by atoms with Gasteiger partial charge in [0.05, 0.1) is 23.6 Å². The van der Waals surface area contributed by atoms with Gasteiger partial charge in [0, 0.05) is 17.0 Å². The summed E-state index contributed by atoms with van der Waals surface area (Å²) in [5.41, 5.74) is 2.17. The number of carbonyl (C=O) groups excluding carboxylic acids is 2. The Morgan fingerprint density at radius 1 is 1.15 bits per heavy atom. The van der Waals surface area contributed by atoms with Crippen LogP contribution in [0.15, 0.2) is 47.0 Å². The molecule has 0 bridgehead atoms. The van der Waals surface area contributed by atoms with Crippen LogP contribution >= 0.6 is 23.2 Å². The number of benzene rings is 1. The molecular weight excluding hydrogens is 621 g/mol. The van der Waals surface area contributed by atoms with Crippen LogP contribution in [0.5, 0.6) is 0 Å². The summed E-state index contributed by atoms with van der Waals surface area (Å²) >= 11 is 13.2. The van der Waals surface area contributed by atoms with E-state index in [2.05, 4.69) is 63.6 Å². The van der Waals surface area contributed by atoms with E-state index in [1.54, 1.807) is 0 Å². The van der Waals surface area contributed by atoms with Gasteiger partial charge in [0.2, 0.25) is 5.91 Å². The van der Waals surface area contributed by atoms with Crippen molar-refractivity contribution in [1.29, 1.82) is 0 Å². The summed E-state index contributed by atoms with van der Waals surface area (Å²) in [6.07, 6.45) is 14.5. The van der Waals surface area contributed by atoms with Crippen LogP contribution in [0.1, 0.15) is 113 Å². The van der Waals surface area contributed by atoms with Gasteiger partial charge in [-0.1, -0.05) is 81.5 Å². The average Bonchev–Trinajstić information content (AvgIpc) is 3.61. The number of fused-ring (bicyclic) bond motifs is 1. The number of hydrogen-bond donors (Lipinski definition) is 2. The number of tetrazole rings is 1. The van der Waals surface area contributed by atoms with E-state index in [4.69, 9.17) is 23.2 Å². The Bertz CT molecular complexity index is 1470. The molecule has 1 aromatic heterocycles. The molecule has 1 aromatic carbocycles. The third-order valence-corrected chi connectivity index (χ3v) is 11.3. The fraction of sp³-hybridized carbons (Fsp3) is 0.629. The fourth-order valence-electron chi connectivity index (χ4n) is 8.44. The number of nitrogens with zero attached hydrogens (tertiary/aromatic N) is 5. The number of aromatic amines is 1. The van der Waals surface area contributed by atoms with Gasteiger partial charge in [0.15, 0.2) is 5.82 Å². The van der Waals surface area contributed by atoms with E-state index in [9.17, 15) is 4.79 Å². The van der Waals surface area contributed by atoms with Gasteiger partial charge in [-0.3, -0.25) is 14.5 Å². The molecule has 1 aliphatic heterocycles. The van der Waals surface area contributed by atoms with Gasteiger partial charge in [-0.25, -0.2) is 0 Å². The lowest BCUT2D eigenvalue weighted by Gasteiger charge is -2.53. The normalized spacial score (nSPS) is 29.3. The lowest BCUT2D eigenvalue weighted by atomic mass is 9.66. The molecule has 0 radical (unpaired) electrons. The number of aromatic nitrogens is 4. The van der Waals surface area contributed by atoms with Crippen molar-refractivity contribution < 1.29 is 9.59 Å². The number of allylic oxidation sites excluding steroid dienone is 2. The van der Waals surface area contributed by atoms with Crippen LogP contribution in [0.4, 0.5) is 0 Å². The molecule has 3 fully saturated rings. The number of amides is 2. The summed E-state index contributed by atoms with van der Waals surface area (Å²) in [5, 5.41) is 17.1. The SMILES string of the molecule is CN1C(C2=CC(Cl)CC(Cl)=C2)C(=O)N([C@H](CCC(C)(C)C)c2ccc(C(=O)NCc3nn[nH]n3)cc2)C12CCC1CCCCC1C2. The molecular formula is C35H47Cl2N7O2. The van der Waals surface area contributed by atoms with E-state index >= 15 is 4.79 Å². The molecule has 6 atom stereocenters. The third-order valence-electron chi connectivity index (χ3n) is 10.8. The highest BCUT2D eigenvalue weighted by molar-refractivity contribution is 6.31. The largest absolute Gasteiger partial charge is 0.345 e. The molecule has 46 heavy (non-hydrogen) atoms. The molecule has 1 saturated heterocycles. The second kappa shape index (κ2) is 13.4. The van der Waals surface area contributed by atoms with Crippen molar-refractivity contribution in [2.45, 2.75) is 115 Å². The van der Waals surface area contributed by atoms with E-state index in [-0.39, 0.29) is 35.2 Å². The maximum absolute atomic E-state index is 15.0.